The van der Waals surface area contributed by atoms with Gasteiger partial charge >= 0.3 is 0 Å². The molecule has 1 amide bonds. The summed E-state index contributed by atoms with van der Waals surface area (Å²) in [5.41, 5.74) is 0.859. The molecule has 1 aromatic heterocycles. The number of aryl methyl sites for hydroxylation is 1. The van der Waals surface area contributed by atoms with Gasteiger partial charge in [0, 0.05) is 51.1 Å². The van der Waals surface area contributed by atoms with Gasteiger partial charge in [-0.25, -0.2) is 0 Å². The van der Waals surface area contributed by atoms with Crippen molar-refractivity contribution in [3.8, 4) is 17.1 Å². The van der Waals surface area contributed by atoms with Crippen LogP contribution in [0.3, 0.4) is 0 Å². The first-order valence-corrected chi connectivity index (χ1v) is 11.6. The standard InChI is InChI=1S/C24H34N4O4/c1-17-14-27(15-18(2)31-17)16-19-10-12-28(13-11-19)23(29)9-8-22-25-24(26-32-22)20-4-6-21(30-3)7-5-20/h4-7,17-19H,8-16H2,1-3H3. The van der Waals surface area contributed by atoms with Crippen molar-refractivity contribution < 1.29 is 18.8 Å². The predicted octanol–water partition coefficient (Wildman–Crippen LogP) is 3.03. The number of benzene rings is 1. The number of hydrogen-bond acceptors (Lipinski definition) is 7. The number of nitrogens with zero attached hydrogens (tertiary/aromatic N) is 4. The second-order valence-electron chi connectivity index (χ2n) is 9.04. The number of rotatable bonds is 7. The lowest BCUT2D eigenvalue weighted by Crippen LogP contribution is -2.48. The van der Waals surface area contributed by atoms with Crippen LogP contribution < -0.4 is 4.74 Å². The van der Waals surface area contributed by atoms with Crippen LogP contribution in [0, 0.1) is 5.92 Å². The van der Waals surface area contributed by atoms with E-state index in [4.69, 9.17) is 14.0 Å². The number of methoxy groups -OCH3 is 1. The van der Waals surface area contributed by atoms with Gasteiger partial charge in [0.2, 0.25) is 17.6 Å². The molecule has 2 saturated heterocycles. The van der Waals surface area contributed by atoms with Crippen LogP contribution in [-0.4, -0.2) is 77.9 Å². The minimum absolute atomic E-state index is 0.168. The van der Waals surface area contributed by atoms with Gasteiger partial charge in [0.1, 0.15) is 5.75 Å². The molecule has 1 aromatic carbocycles. The third-order valence-electron chi connectivity index (χ3n) is 6.35. The Hall–Kier alpha value is -2.45. The molecule has 32 heavy (non-hydrogen) atoms. The molecule has 8 heteroatoms. The molecule has 3 heterocycles. The smallest absolute Gasteiger partial charge is 0.227 e. The highest BCUT2D eigenvalue weighted by Gasteiger charge is 2.28. The third-order valence-corrected chi connectivity index (χ3v) is 6.35. The molecule has 0 spiro atoms. The highest BCUT2D eigenvalue weighted by Crippen LogP contribution is 2.23. The fourth-order valence-electron chi connectivity index (χ4n) is 4.75. The van der Waals surface area contributed by atoms with Gasteiger partial charge in [0.25, 0.3) is 0 Å². The SMILES string of the molecule is COc1ccc(-c2noc(CCC(=O)N3CCC(CN4CC(C)OC(C)C4)CC3)n2)cc1. The Balaban J connectivity index is 1.20. The first-order chi connectivity index (χ1) is 15.5. The van der Waals surface area contributed by atoms with E-state index in [1.807, 2.05) is 29.2 Å². The van der Waals surface area contributed by atoms with E-state index >= 15 is 0 Å². The van der Waals surface area contributed by atoms with Crippen molar-refractivity contribution >= 4 is 5.91 Å². The summed E-state index contributed by atoms with van der Waals surface area (Å²) < 4.78 is 16.4. The Morgan fingerprint density at radius 1 is 1.12 bits per heavy atom. The maximum Gasteiger partial charge on any atom is 0.227 e. The monoisotopic (exact) mass is 442 g/mol. The Morgan fingerprint density at radius 2 is 1.81 bits per heavy atom. The van der Waals surface area contributed by atoms with E-state index in [9.17, 15) is 4.79 Å². The first kappa shape index (κ1) is 22.7. The molecule has 0 radical (unpaired) electrons. The lowest BCUT2D eigenvalue weighted by Gasteiger charge is -2.39. The molecule has 174 valence electrons. The summed E-state index contributed by atoms with van der Waals surface area (Å²) in [6.07, 6.45) is 3.59. The summed E-state index contributed by atoms with van der Waals surface area (Å²) >= 11 is 0. The molecule has 0 aliphatic carbocycles. The van der Waals surface area contributed by atoms with Gasteiger partial charge in [-0.05, 0) is 56.9 Å². The van der Waals surface area contributed by atoms with Crippen molar-refractivity contribution in [1.82, 2.24) is 19.9 Å². The fourth-order valence-corrected chi connectivity index (χ4v) is 4.75. The normalized spacial score (nSPS) is 22.8. The van der Waals surface area contributed by atoms with Crippen LogP contribution >= 0.6 is 0 Å². The molecule has 2 atom stereocenters. The van der Waals surface area contributed by atoms with Gasteiger partial charge in [-0.3, -0.25) is 9.69 Å². The van der Waals surface area contributed by atoms with Crippen LogP contribution in [0.1, 0.15) is 39.0 Å². The summed E-state index contributed by atoms with van der Waals surface area (Å²) in [5, 5.41) is 4.04. The van der Waals surface area contributed by atoms with Crippen LogP contribution in [-0.2, 0) is 16.0 Å². The summed E-state index contributed by atoms with van der Waals surface area (Å²) in [6, 6.07) is 7.50. The molecule has 2 unspecified atom stereocenters. The predicted molar refractivity (Wildman–Crippen MR) is 120 cm³/mol. The average Bonchev–Trinajstić information content (AvgIpc) is 3.26. The zero-order chi connectivity index (χ0) is 22.5. The zero-order valence-corrected chi connectivity index (χ0v) is 19.3. The molecular weight excluding hydrogens is 408 g/mol. The number of aromatic nitrogens is 2. The van der Waals surface area contributed by atoms with E-state index in [0.29, 0.717) is 42.7 Å². The van der Waals surface area contributed by atoms with Crippen molar-refractivity contribution in [3.05, 3.63) is 30.2 Å². The maximum atomic E-state index is 12.7. The van der Waals surface area contributed by atoms with Gasteiger partial charge in [-0.15, -0.1) is 0 Å². The van der Waals surface area contributed by atoms with E-state index < -0.39 is 0 Å². The molecule has 4 rings (SSSR count). The summed E-state index contributed by atoms with van der Waals surface area (Å²) in [7, 11) is 1.63. The van der Waals surface area contributed by atoms with Gasteiger partial charge in [0.05, 0.1) is 19.3 Å². The molecule has 8 nitrogen and oxygen atoms in total. The molecule has 2 aromatic rings. The van der Waals surface area contributed by atoms with Gasteiger partial charge < -0.3 is 18.9 Å². The van der Waals surface area contributed by atoms with E-state index in [2.05, 4.69) is 28.9 Å². The third kappa shape index (κ3) is 5.86. The first-order valence-electron chi connectivity index (χ1n) is 11.6. The Labute approximate surface area is 189 Å². The molecule has 2 aliphatic rings. The minimum atomic E-state index is 0.168. The fraction of sp³-hybridized carbons (Fsp3) is 0.625. The van der Waals surface area contributed by atoms with Gasteiger partial charge in [-0.1, -0.05) is 5.16 Å². The van der Waals surface area contributed by atoms with Crippen LogP contribution in [0.15, 0.2) is 28.8 Å². The van der Waals surface area contributed by atoms with Crippen molar-refractivity contribution in [2.75, 3.05) is 39.8 Å². The van der Waals surface area contributed by atoms with E-state index in [1.54, 1.807) is 7.11 Å². The Morgan fingerprint density at radius 3 is 2.47 bits per heavy atom. The Bertz CT molecular complexity index is 866. The largest absolute Gasteiger partial charge is 0.497 e. The van der Waals surface area contributed by atoms with Crippen LogP contribution in [0.25, 0.3) is 11.4 Å². The molecule has 2 fully saturated rings. The van der Waals surface area contributed by atoms with Gasteiger partial charge in [0.15, 0.2) is 0 Å². The average molecular weight is 443 g/mol. The number of carbonyl (C=O) groups excluding carboxylic acids is 1. The number of ether oxygens (including phenoxy) is 2. The second kappa shape index (κ2) is 10.4. The van der Waals surface area contributed by atoms with Crippen LogP contribution in [0.5, 0.6) is 5.75 Å². The number of piperidine rings is 1. The molecular formula is C24H34N4O4. The summed E-state index contributed by atoms with van der Waals surface area (Å²) in [6.45, 7) is 9.08. The number of carbonyl (C=O) groups is 1. The van der Waals surface area contributed by atoms with Crippen molar-refractivity contribution in [2.24, 2.45) is 5.92 Å². The number of morpholine rings is 1. The van der Waals surface area contributed by atoms with Crippen LogP contribution in [0.2, 0.25) is 0 Å². The van der Waals surface area contributed by atoms with E-state index in [0.717, 1.165) is 56.9 Å². The number of amides is 1. The number of hydrogen-bond donors (Lipinski definition) is 0. The maximum absolute atomic E-state index is 12.7. The Kier molecular flexibility index (Phi) is 7.42. The lowest BCUT2D eigenvalue weighted by atomic mass is 9.95. The minimum Gasteiger partial charge on any atom is -0.497 e. The van der Waals surface area contributed by atoms with Gasteiger partial charge in [-0.2, -0.15) is 4.98 Å². The summed E-state index contributed by atoms with van der Waals surface area (Å²) in [4.78, 5) is 21.6. The second-order valence-corrected chi connectivity index (χ2v) is 9.04. The highest BCUT2D eigenvalue weighted by atomic mass is 16.5. The molecule has 0 bridgehead atoms. The molecule has 0 N–H and O–H groups in total. The molecule has 0 saturated carbocycles. The van der Waals surface area contributed by atoms with Crippen molar-refractivity contribution in [1.29, 1.82) is 0 Å². The quantitative estimate of drug-likeness (QED) is 0.652. The lowest BCUT2D eigenvalue weighted by molar-refractivity contribution is -0.132. The van der Waals surface area contributed by atoms with Crippen LogP contribution in [0.4, 0.5) is 0 Å². The topological polar surface area (TPSA) is 80.9 Å². The summed E-state index contributed by atoms with van der Waals surface area (Å²) in [5.74, 6) is 2.62. The zero-order valence-electron chi connectivity index (χ0n) is 19.3. The molecule has 2 aliphatic heterocycles. The van der Waals surface area contributed by atoms with E-state index in [-0.39, 0.29) is 5.91 Å². The van der Waals surface area contributed by atoms with Crippen molar-refractivity contribution in [3.63, 3.8) is 0 Å². The van der Waals surface area contributed by atoms with Crippen molar-refractivity contribution in [2.45, 2.75) is 51.7 Å². The van der Waals surface area contributed by atoms with E-state index in [1.165, 1.54) is 0 Å². The number of likely N-dealkylation sites (tertiary alicyclic amines) is 1. The highest BCUT2D eigenvalue weighted by molar-refractivity contribution is 5.76.